The zero-order valence-electron chi connectivity index (χ0n) is 12.0. The second-order valence-corrected chi connectivity index (χ2v) is 5.65. The van der Waals surface area contributed by atoms with Gasteiger partial charge in [0.05, 0.1) is 23.1 Å². The van der Waals surface area contributed by atoms with Gasteiger partial charge in [0.1, 0.15) is 4.99 Å². The van der Waals surface area contributed by atoms with E-state index in [2.05, 4.69) is 40.5 Å². The zero-order valence-corrected chi connectivity index (χ0v) is 12.8. The van der Waals surface area contributed by atoms with Crippen molar-refractivity contribution in [2.45, 2.75) is 20.4 Å². The van der Waals surface area contributed by atoms with Gasteiger partial charge < -0.3 is 10.3 Å². The molecule has 0 aliphatic rings. The van der Waals surface area contributed by atoms with Crippen molar-refractivity contribution in [3.8, 4) is 0 Å². The number of imidazole rings is 1. The van der Waals surface area contributed by atoms with Crippen molar-refractivity contribution in [1.82, 2.24) is 14.5 Å². The number of pyridine rings is 1. The van der Waals surface area contributed by atoms with Crippen LogP contribution in [-0.2, 0) is 6.54 Å². The van der Waals surface area contributed by atoms with E-state index in [0.29, 0.717) is 10.7 Å². The van der Waals surface area contributed by atoms with Crippen LogP contribution in [0.15, 0.2) is 36.8 Å². The Morgan fingerprint density at radius 2 is 1.95 bits per heavy atom. The summed E-state index contributed by atoms with van der Waals surface area (Å²) < 4.78 is 2.13. The highest BCUT2D eigenvalue weighted by atomic mass is 32.1. The fourth-order valence-corrected chi connectivity index (χ4v) is 2.45. The molecule has 21 heavy (non-hydrogen) atoms. The number of nitrogens with two attached hydrogens (primary N) is 1. The first-order valence-corrected chi connectivity index (χ1v) is 7.12. The SMILES string of the molecule is Cc1cc2ncn(Cc3ccnc(C(N)=S)c3)c2cc1C. The van der Waals surface area contributed by atoms with Crippen LogP contribution in [0.3, 0.4) is 0 Å². The Hall–Kier alpha value is -2.27. The smallest absolute Gasteiger partial charge is 0.122 e. The molecular weight excluding hydrogens is 280 g/mol. The standard InChI is InChI=1S/C16H16N4S/c1-10-5-13-15(6-11(10)2)20(9-19-13)8-12-3-4-18-14(7-12)16(17)21/h3-7,9H,8H2,1-2H3,(H2,17,21). The third-order valence-corrected chi connectivity index (χ3v) is 3.88. The van der Waals surface area contributed by atoms with E-state index in [-0.39, 0.29) is 0 Å². The van der Waals surface area contributed by atoms with Gasteiger partial charge in [-0.05, 0) is 54.8 Å². The van der Waals surface area contributed by atoms with E-state index in [1.54, 1.807) is 6.20 Å². The lowest BCUT2D eigenvalue weighted by Gasteiger charge is -2.07. The van der Waals surface area contributed by atoms with E-state index in [1.807, 2.05) is 18.5 Å². The lowest BCUT2D eigenvalue weighted by Crippen LogP contribution is -2.12. The molecule has 0 radical (unpaired) electrons. The lowest BCUT2D eigenvalue weighted by atomic mass is 10.1. The maximum absolute atomic E-state index is 5.63. The van der Waals surface area contributed by atoms with Crippen molar-refractivity contribution >= 4 is 28.2 Å². The summed E-state index contributed by atoms with van der Waals surface area (Å²) >= 11 is 4.97. The van der Waals surface area contributed by atoms with Crippen LogP contribution in [0, 0.1) is 13.8 Å². The summed E-state index contributed by atoms with van der Waals surface area (Å²) in [6, 6.07) is 8.19. The molecule has 106 valence electrons. The van der Waals surface area contributed by atoms with Crippen LogP contribution in [0.25, 0.3) is 11.0 Å². The van der Waals surface area contributed by atoms with Gasteiger partial charge in [-0.25, -0.2) is 4.98 Å². The molecule has 1 aromatic carbocycles. The predicted octanol–water partition coefficient (Wildman–Crippen LogP) is 2.73. The molecule has 0 amide bonds. The molecule has 0 unspecified atom stereocenters. The van der Waals surface area contributed by atoms with Crippen molar-refractivity contribution in [1.29, 1.82) is 0 Å². The van der Waals surface area contributed by atoms with Crippen molar-refractivity contribution in [3.63, 3.8) is 0 Å². The van der Waals surface area contributed by atoms with E-state index in [1.165, 1.54) is 11.1 Å². The van der Waals surface area contributed by atoms with Crippen LogP contribution in [-0.4, -0.2) is 19.5 Å². The van der Waals surface area contributed by atoms with Gasteiger partial charge in [0, 0.05) is 12.7 Å². The molecule has 0 spiro atoms. The number of thiocarbonyl (C=S) groups is 1. The summed E-state index contributed by atoms with van der Waals surface area (Å²) in [5.74, 6) is 0. The van der Waals surface area contributed by atoms with Crippen LogP contribution in [0.2, 0.25) is 0 Å². The fraction of sp³-hybridized carbons (Fsp3) is 0.188. The molecule has 3 aromatic rings. The first-order chi connectivity index (χ1) is 10.0. The fourth-order valence-electron chi connectivity index (χ4n) is 2.34. The molecule has 0 fully saturated rings. The highest BCUT2D eigenvalue weighted by molar-refractivity contribution is 7.80. The number of aromatic nitrogens is 3. The minimum atomic E-state index is 0.318. The van der Waals surface area contributed by atoms with Gasteiger partial charge in [0.15, 0.2) is 0 Å². The van der Waals surface area contributed by atoms with Crippen molar-refractivity contribution < 1.29 is 0 Å². The predicted molar refractivity (Wildman–Crippen MR) is 88.4 cm³/mol. The Bertz CT molecular complexity index is 835. The number of benzene rings is 1. The van der Waals surface area contributed by atoms with Gasteiger partial charge in [0.2, 0.25) is 0 Å². The molecule has 0 saturated heterocycles. The Morgan fingerprint density at radius 3 is 2.71 bits per heavy atom. The molecule has 0 saturated carbocycles. The third-order valence-electron chi connectivity index (χ3n) is 3.67. The van der Waals surface area contributed by atoms with E-state index in [4.69, 9.17) is 18.0 Å². The lowest BCUT2D eigenvalue weighted by molar-refractivity contribution is 0.822. The normalized spacial score (nSPS) is 11.0. The molecule has 0 bridgehead atoms. The van der Waals surface area contributed by atoms with Crippen LogP contribution >= 0.6 is 12.2 Å². The summed E-state index contributed by atoms with van der Waals surface area (Å²) in [6.45, 7) is 4.94. The van der Waals surface area contributed by atoms with E-state index >= 15 is 0 Å². The van der Waals surface area contributed by atoms with Crippen molar-refractivity contribution in [2.75, 3.05) is 0 Å². The number of rotatable bonds is 3. The molecule has 0 aliphatic carbocycles. The number of nitrogens with zero attached hydrogens (tertiary/aromatic N) is 3. The minimum absolute atomic E-state index is 0.318. The van der Waals surface area contributed by atoms with Crippen LogP contribution in [0.1, 0.15) is 22.4 Å². The van der Waals surface area contributed by atoms with Crippen LogP contribution < -0.4 is 5.73 Å². The first-order valence-electron chi connectivity index (χ1n) is 6.71. The average molecular weight is 296 g/mol. The van der Waals surface area contributed by atoms with Gasteiger partial charge in [-0.15, -0.1) is 0 Å². The maximum atomic E-state index is 5.63. The van der Waals surface area contributed by atoms with Crippen molar-refractivity contribution in [2.24, 2.45) is 5.73 Å². The third kappa shape index (κ3) is 2.64. The Kier molecular flexibility index (Phi) is 3.43. The van der Waals surface area contributed by atoms with E-state index < -0.39 is 0 Å². The summed E-state index contributed by atoms with van der Waals surface area (Å²) in [5.41, 5.74) is 12.1. The molecule has 0 atom stereocenters. The average Bonchev–Trinajstić information content (AvgIpc) is 2.82. The van der Waals surface area contributed by atoms with Crippen molar-refractivity contribution in [3.05, 3.63) is 59.2 Å². The largest absolute Gasteiger partial charge is 0.388 e. The molecular formula is C16H16N4S. The van der Waals surface area contributed by atoms with Gasteiger partial charge in [-0.3, -0.25) is 4.98 Å². The van der Waals surface area contributed by atoms with E-state index in [0.717, 1.165) is 23.1 Å². The summed E-state index contributed by atoms with van der Waals surface area (Å²) in [5, 5.41) is 0. The summed E-state index contributed by atoms with van der Waals surface area (Å²) in [7, 11) is 0. The summed E-state index contributed by atoms with van der Waals surface area (Å²) in [6.07, 6.45) is 3.60. The molecule has 2 N–H and O–H groups in total. The Balaban J connectivity index is 2.00. The second-order valence-electron chi connectivity index (χ2n) is 5.21. The highest BCUT2D eigenvalue weighted by Gasteiger charge is 2.07. The number of aryl methyl sites for hydroxylation is 2. The number of hydrogen-bond donors (Lipinski definition) is 1. The van der Waals surface area contributed by atoms with Crippen LogP contribution in [0.4, 0.5) is 0 Å². The summed E-state index contributed by atoms with van der Waals surface area (Å²) in [4.78, 5) is 8.95. The zero-order chi connectivity index (χ0) is 15.0. The molecule has 0 aliphatic heterocycles. The molecule has 4 nitrogen and oxygen atoms in total. The van der Waals surface area contributed by atoms with Crippen LogP contribution in [0.5, 0.6) is 0 Å². The molecule has 3 rings (SSSR count). The monoisotopic (exact) mass is 296 g/mol. The van der Waals surface area contributed by atoms with Gasteiger partial charge >= 0.3 is 0 Å². The van der Waals surface area contributed by atoms with Gasteiger partial charge in [0.25, 0.3) is 0 Å². The topological polar surface area (TPSA) is 56.7 Å². The molecule has 5 heteroatoms. The van der Waals surface area contributed by atoms with E-state index in [9.17, 15) is 0 Å². The number of fused-ring (bicyclic) bond motifs is 1. The van der Waals surface area contributed by atoms with Gasteiger partial charge in [-0.2, -0.15) is 0 Å². The molecule has 2 heterocycles. The quantitative estimate of drug-likeness (QED) is 0.755. The number of hydrogen-bond acceptors (Lipinski definition) is 3. The second kappa shape index (κ2) is 5.26. The Morgan fingerprint density at radius 1 is 1.19 bits per heavy atom. The highest BCUT2D eigenvalue weighted by Crippen LogP contribution is 2.19. The van der Waals surface area contributed by atoms with Gasteiger partial charge in [-0.1, -0.05) is 12.2 Å². The maximum Gasteiger partial charge on any atom is 0.122 e. The first kappa shape index (κ1) is 13.7. The Labute approximate surface area is 128 Å². The molecule has 2 aromatic heterocycles. The minimum Gasteiger partial charge on any atom is -0.388 e.